The van der Waals surface area contributed by atoms with Crippen molar-refractivity contribution in [3.63, 3.8) is 0 Å². The zero-order chi connectivity index (χ0) is 13.9. The van der Waals surface area contributed by atoms with Gasteiger partial charge in [-0.2, -0.15) is 5.10 Å². The predicted octanol–water partition coefficient (Wildman–Crippen LogP) is -0.0982. The van der Waals surface area contributed by atoms with Gasteiger partial charge in [-0.15, -0.1) is 0 Å². The average molecular weight is 267 g/mol. The minimum Gasteiger partial charge on any atom is -0.409 e. The number of nitrogens with zero attached hydrogens (tertiary/aromatic N) is 3. The van der Waals surface area contributed by atoms with Crippen LogP contribution in [0, 0.1) is 5.41 Å². The number of hydrogen-bond donors (Lipinski definition) is 3. The van der Waals surface area contributed by atoms with E-state index in [0.29, 0.717) is 31.7 Å². The molecule has 8 nitrogen and oxygen atoms in total. The smallest absolute Gasteiger partial charge is 0.238 e. The molecular formula is C11H17N5O3. The van der Waals surface area contributed by atoms with E-state index in [2.05, 4.69) is 15.6 Å². The lowest BCUT2D eigenvalue weighted by atomic mass is 9.78. The minimum atomic E-state index is -1.02. The number of nitrogens with one attached hydrogen (secondary N) is 1. The second-order valence-electron chi connectivity index (χ2n) is 4.54. The van der Waals surface area contributed by atoms with Gasteiger partial charge >= 0.3 is 0 Å². The molecule has 0 radical (unpaired) electrons. The number of amidine groups is 1. The van der Waals surface area contributed by atoms with E-state index in [1.54, 1.807) is 17.9 Å². The van der Waals surface area contributed by atoms with Crippen molar-refractivity contribution < 1.29 is 14.7 Å². The Kier molecular flexibility index (Phi) is 3.70. The Bertz CT molecular complexity index is 490. The molecule has 0 atom stereocenters. The van der Waals surface area contributed by atoms with Crippen LogP contribution in [0.3, 0.4) is 0 Å². The summed E-state index contributed by atoms with van der Waals surface area (Å²) in [5.74, 6) is -0.392. The number of ether oxygens (including phenoxy) is 1. The van der Waals surface area contributed by atoms with Crippen LogP contribution in [0.25, 0.3) is 0 Å². The quantitative estimate of drug-likeness (QED) is 0.306. The maximum absolute atomic E-state index is 12.4. The molecule has 0 spiro atoms. The Morgan fingerprint density at radius 3 is 2.84 bits per heavy atom. The Balaban J connectivity index is 2.21. The number of anilines is 1. The summed E-state index contributed by atoms with van der Waals surface area (Å²) in [4.78, 5) is 12.4. The molecule has 2 heterocycles. The standard InChI is InChI=1S/C11H17N5O3/c1-16-7-8(6-13-16)14-10(17)11(9(12)15-18)2-4-19-5-3-11/h6-7,18H,2-5H2,1H3,(H2,12,15)(H,14,17). The molecule has 0 unspecified atom stereocenters. The van der Waals surface area contributed by atoms with Gasteiger partial charge in [0.25, 0.3) is 0 Å². The number of rotatable bonds is 3. The third kappa shape index (κ3) is 2.53. The SMILES string of the molecule is Cn1cc(NC(=O)C2(C(N)=NO)CCOCC2)cn1. The molecule has 1 aliphatic heterocycles. The minimum absolute atomic E-state index is 0.0859. The molecule has 8 heteroatoms. The van der Waals surface area contributed by atoms with Crippen molar-refractivity contribution in [3.05, 3.63) is 12.4 Å². The van der Waals surface area contributed by atoms with Gasteiger partial charge in [-0.25, -0.2) is 0 Å². The molecule has 1 aliphatic rings. The summed E-state index contributed by atoms with van der Waals surface area (Å²) in [5.41, 5.74) is 5.25. The van der Waals surface area contributed by atoms with Crippen molar-refractivity contribution >= 4 is 17.4 Å². The van der Waals surface area contributed by atoms with Crippen LogP contribution in [-0.4, -0.2) is 39.9 Å². The van der Waals surface area contributed by atoms with E-state index >= 15 is 0 Å². The second kappa shape index (κ2) is 5.27. The van der Waals surface area contributed by atoms with Gasteiger partial charge < -0.3 is 21.0 Å². The maximum Gasteiger partial charge on any atom is 0.238 e. The molecule has 0 aliphatic carbocycles. The maximum atomic E-state index is 12.4. The van der Waals surface area contributed by atoms with Crippen molar-refractivity contribution in [1.82, 2.24) is 9.78 Å². The van der Waals surface area contributed by atoms with Crippen LogP contribution in [0.4, 0.5) is 5.69 Å². The lowest BCUT2D eigenvalue weighted by Gasteiger charge is -2.34. The van der Waals surface area contributed by atoms with Crippen molar-refractivity contribution in [2.45, 2.75) is 12.8 Å². The van der Waals surface area contributed by atoms with Crippen molar-refractivity contribution in [2.75, 3.05) is 18.5 Å². The fourth-order valence-corrected chi connectivity index (χ4v) is 2.15. The lowest BCUT2D eigenvalue weighted by Crippen LogP contribution is -2.50. The molecule has 1 saturated heterocycles. The third-order valence-electron chi connectivity index (χ3n) is 3.34. The van der Waals surface area contributed by atoms with E-state index in [-0.39, 0.29) is 11.7 Å². The Morgan fingerprint density at radius 1 is 1.63 bits per heavy atom. The number of nitrogens with two attached hydrogens (primary N) is 1. The summed E-state index contributed by atoms with van der Waals surface area (Å²) in [6.07, 6.45) is 3.98. The first-order valence-electron chi connectivity index (χ1n) is 5.94. The number of carbonyl (C=O) groups excluding carboxylic acids is 1. The summed E-state index contributed by atoms with van der Waals surface area (Å²) < 4.78 is 6.81. The molecule has 0 saturated carbocycles. The molecular weight excluding hydrogens is 250 g/mol. The van der Waals surface area contributed by atoms with Crippen LogP contribution in [0.2, 0.25) is 0 Å². The molecule has 2 rings (SSSR count). The average Bonchev–Trinajstić information content (AvgIpc) is 2.83. The van der Waals surface area contributed by atoms with Crippen LogP contribution < -0.4 is 11.1 Å². The van der Waals surface area contributed by atoms with Crippen molar-refractivity contribution in [2.24, 2.45) is 23.4 Å². The number of aromatic nitrogens is 2. The fraction of sp³-hybridized carbons (Fsp3) is 0.545. The van der Waals surface area contributed by atoms with Crippen LogP contribution in [0.15, 0.2) is 17.5 Å². The third-order valence-corrected chi connectivity index (χ3v) is 3.34. The fourth-order valence-electron chi connectivity index (χ4n) is 2.15. The normalized spacial score (nSPS) is 19.1. The Labute approximate surface area is 110 Å². The number of carbonyl (C=O) groups is 1. The summed E-state index contributed by atoms with van der Waals surface area (Å²) >= 11 is 0. The first-order valence-corrected chi connectivity index (χ1v) is 5.94. The highest BCUT2D eigenvalue weighted by molar-refractivity contribution is 6.11. The topological polar surface area (TPSA) is 115 Å². The monoisotopic (exact) mass is 267 g/mol. The molecule has 0 aromatic carbocycles. The van der Waals surface area contributed by atoms with Crippen molar-refractivity contribution in [3.8, 4) is 0 Å². The van der Waals surface area contributed by atoms with Crippen LogP contribution in [0.5, 0.6) is 0 Å². The zero-order valence-corrected chi connectivity index (χ0v) is 10.7. The molecule has 1 fully saturated rings. The number of aryl methyl sites for hydroxylation is 1. The first-order chi connectivity index (χ1) is 9.08. The number of hydrogen-bond acceptors (Lipinski definition) is 5. The van der Waals surface area contributed by atoms with Gasteiger partial charge in [0.1, 0.15) is 5.41 Å². The zero-order valence-electron chi connectivity index (χ0n) is 10.7. The van der Waals surface area contributed by atoms with Crippen LogP contribution >= 0.6 is 0 Å². The van der Waals surface area contributed by atoms with E-state index < -0.39 is 5.41 Å². The molecule has 1 aromatic rings. The number of oxime groups is 1. The highest BCUT2D eigenvalue weighted by Crippen LogP contribution is 2.32. The highest BCUT2D eigenvalue weighted by Gasteiger charge is 2.44. The van der Waals surface area contributed by atoms with Gasteiger partial charge in [0, 0.05) is 26.5 Å². The molecule has 104 valence electrons. The van der Waals surface area contributed by atoms with Gasteiger partial charge in [0.2, 0.25) is 5.91 Å². The summed E-state index contributed by atoms with van der Waals surface area (Å²) in [5, 5.41) is 18.6. The van der Waals surface area contributed by atoms with Gasteiger partial charge in [0.05, 0.1) is 11.9 Å². The Hall–Kier alpha value is -2.09. The molecule has 0 bridgehead atoms. The summed E-state index contributed by atoms with van der Waals surface area (Å²) in [6, 6.07) is 0. The van der Waals surface area contributed by atoms with Crippen molar-refractivity contribution in [1.29, 1.82) is 0 Å². The summed E-state index contributed by atoms with van der Waals surface area (Å²) in [7, 11) is 1.75. The second-order valence-corrected chi connectivity index (χ2v) is 4.54. The van der Waals surface area contributed by atoms with Gasteiger partial charge in [-0.3, -0.25) is 9.48 Å². The van der Waals surface area contributed by atoms with E-state index in [0.717, 1.165) is 0 Å². The molecule has 19 heavy (non-hydrogen) atoms. The van der Waals surface area contributed by atoms with E-state index in [4.69, 9.17) is 15.7 Å². The summed E-state index contributed by atoms with van der Waals surface area (Å²) in [6.45, 7) is 0.799. The Morgan fingerprint density at radius 2 is 2.32 bits per heavy atom. The highest BCUT2D eigenvalue weighted by atomic mass is 16.5. The molecule has 1 amide bonds. The number of amides is 1. The largest absolute Gasteiger partial charge is 0.409 e. The van der Waals surface area contributed by atoms with Gasteiger partial charge in [-0.05, 0) is 12.8 Å². The van der Waals surface area contributed by atoms with Crippen LogP contribution in [-0.2, 0) is 16.6 Å². The van der Waals surface area contributed by atoms with Gasteiger partial charge in [0.15, 0.2) is 5.84 Å². The van der Waals surface area contributed by atoms with Gasteiger partial charge in [-0.1, -0.05) is 5.16 Å². The molecule has 4 N–H and O–H groups in total. The van der Waals surface area contributed by atoms with E-state index in [1.807, 2.05) is 0 Å². The van der Waals surface area contributed by atoms with E-state index in [1.165, 1.54) is 6.20 Å². The van der Waals surface area contributed by atoms with E-state index in [9.17, 15) is 4.79 Å². The predicted molar refractivity (Wildman–Crippen MR) is 67.7 cm³/mol. The molecule has 1 aromatic heterocycles. The first kappa shape index (κ1) is 13.3. The lowest BCUT2D eigenvalue weighted by molar-refractivity contribution is -0.126. The van der Waals surface area contributed by atoms with Crippen LogP contribution in [0.1, 0.15) is 12.8 Å².